The Kier molecular flexibility index (Phi) is 8.15. The van der Waals surface area contributed by atoms with Gasteiger partial charge in [-0.05, 0) is 57.2 Å². The lowest BCUT2D eigenvalue weighted by Crippen LogP contribution is -2.38. The molecule has 0 fully saturated rings. The molecule has 0 bridgehead atoms. The molecule has 33 heavy (non-hydrogen) atoms. The maximum absolute atomic E-state index is 13.4. The van der Waals surface area contributed by atoms with Crippen LogP contribution >= 0.6 is 11.6 Å². The molecule has 0 saturated carbocycles. The van der Waals surface area contributed by atoms with Gasteiger partial charge in [-0.2, -0.15) is 0 Å². The van der Waals surface area contributed by atoms with E-state index in [0.717, 1.165) is 29.4 Å². The molecule has 9 nitrogen and oxygen atoms in total. The van der Waals surface area contributed by atoms with E-state index < -0.39 is 33.5 Å². The highest BCUT2D eigenvalue weighted by atomic mass is 35.5. The van der Waals surface area contributed by atoms with Crippen molar-refractivity contribution in [3.8, 4) is 5.75 Å². The first-order chi connectivity index (χ1) is 15.2. The number of carbonyl (C=O) groups excluding carboxylic acids is 1. The van der Waals surface area contributed by atoms with Crippen LogP contribution in [0.2, 0.25) is 5.02 Å². The summed E-state index contributed by atoms with van der Waals surface area (Å²) in [5, 5.41) is 9.69. The topological polar surface area (TPSA) is 122 Å². The Morgan fingerprint density at radius 2 is 1.85 bits per heavy atom. The number of halogens is 2. The molecule has 2 aromatic rings. The van der Waals surface area contributed by atoms with Crippen molar-refractivity contribution >= 4 is 45.1 Å². The number of carboxylic acids is 1. The molecule has 2 N–H and O–H groups in total. The van der Waals surface area contributed by atoms with Crippen molar-refractivity contribution < 1.29 is 37.0 Å². The van der Waals surface area contributed by atoms with Gasteiger partial charge in [-0.1, -0.05) is 11.6 Å². The van der Waals surface area contributed by atoms with Crippen molar-refractivity contribution in [1.82, 2.24) is 0 Å². The van der Waals surface area contributed by atoms with Gasteiger partial charge in [0.1, 0.15) is 23.8 Å². The van der Waals surface area contributed by atoms with Crippen molar-refractivity contribution in [3.05, 3.63) is 47.2 Å². The third kappa shape index (κ3) is 7.22. The summed E-state index contributed by atoms with van der Waals surface area (Å²) in [6.07, 6.45) is -0.672. The maximum atomic E-state index is 13.4. The first-order valence-corrected chi connectivity index (χ1v) is 11.5. The number of benzene rings is 2. The number of anilines is 2. The standard InChI is InChI=1S/C19H20ClFN2O5S.C2H4O2/c1-19(2,3)28-18(24)22-12-4-7-17-16(10-12)23(8-9-27-17)29(25,26)13-5-6-15(21)14(20)11-13;1-2(3)4/h4-7,10-11H,8-9H2,1-3H3,(H,22,24);1H3,(H,3,4). The smallest absolute Gasteiger partial charge is 0.412 e. The van der Waals surface area contributed by atoms with Crippen molar-refractivity contribution in [3.63, 3.8) is 0 Å². The molecular formula is C21H24ClFN2O7S. The van der Waals surface area contributed by atoms with Gasteiger partial charge in [0.2, 0.25) is 0 Å². The molecule has 180 valence electrons. The zero-order chi connectivity index (χ0) is 25.0. The van der Waals surface area contributed by atoms with E-state index in [0.29, 0.717) is 11.4 Å². The molecular weight excluding hydrogens is 479 g/mol. The molecule has 2 aromatic carbocycles. The van der Waals surface area contributed by atoms with E-state index in [1.807, 2.05) is 0 Å². The van der Waals surface area contributed by atoms with Crippen LogP contribution in [0.25, 0.3) is 0 Å². The van der Waals surface area contributed by atoms with Crippen molar-refractivity contribution in [2.75, 3.05) is 22.8 Å². The highest BCUT2D eigenvalue weighted by Crippen LogP contribution is 2.38. The minimum absolute atomic E-state index is 0.0419. The second-order valence-electron chi connectivity index (χ2n) is 7.83. The van der Waals surface area contributed by atoms with Gasteiger partial charge >= 0.3 is 6.09 Å². The van der Waals surface area contributed by atoms with Crippen molar-refractivity contribution in [2.45, 2.75) is 38.2 Å². The number of rotatable bonds is 3. The highest BCUT2D eigenvalue weighted by Gasteiger charge is 2.31. The average Bonchev–Trinajstić information content (AvgIpc) is 2.67. The molecule has 12 heteroatoms. The number of carboxylic acid groups (broad SMARTS) is 1. The van der Waals surface area contributed by atoms with Crippen LogP contribution in [-0.4, -0.2) is 44.3 Å². The largest absolute Gasteiger partial charge is 0.489 e. The molecule has 1 amide bonds. The fraction of sp³-hybridized carbons (Fsp3) is 0.333. The van der Waals surface area contributed by atoms with Gasteiger partial charge in [0, 0.05) is 12.6 Å². The fourth-order valence-corrected chi connectivity index (χ4v) is 4.43. The minimum atomic E-state index is -4.03. The Hall–Kier alpha value is -3.05. The van der Waals surface area contributed by atoms with Gasteiger partial charge in [-0.25, -0.2) is 17.6 Å². The first-order valence-electron chi connectivity index (χ1n) is 9.65. The average molecular weight is 503 g/mol. The van der Waals surface area contributed by atoms with E-state index in [1.165, 1.54) is 6.07 Å². The highest BCUT2D eigenvalue weighted by molar-refractivity contribution is 7.92. The Morgan fingerprint density at radius 3 is 2.42 bits per heavy atom. The lowest BCUT2D eigenvalue weighted by atomic mass is 10.2. The number of fused-ring (bicyclic) bond motifs is 1. The normalized spacial score (nSPS) is 13.1. The van der Waals surface area contributed by atoms with E-state index in [-0.39, 0.29) is 28.8 Å². The van der Waals surface area contributed by atoms with E-state index >= 15 is 0 Å². The first kappa shape index (κ1) is 26.2. The number of ether oxygens (including phenoxy) is 2. The monoisotopic (exact) mass is 502 g/mol. The lowest BCUT2D eigenvalue weighted by Gasteiger charge is -2.31. The van der Waals surface area contributed by atoms with Gasteiger partial charge in [-0.3, -0.25) is 14.4 Å². The van der Waals surface area contributed by atoms with Gasteiger partial charge in [0.15, 0.2) is 0 Å². The summed E-state index contributed by atoms with van der Waals surface area (Å²) in [5.41, 5.74) is -0.107. The summed E-state index contributed by atoms with van der Waals surface area (Å²) in [6, 6.07) is 7.81. The Labute approximate surface area is 196 Å². The second-order valence-corrected chi connectivity index (χ2v) is 10.1. The Morgan fingerprint density at radius 1 is 1.21 bits per heavy atom. The van der Waals surface area contributed by atoms with Gasteiger partial charge in [0.05, 0.1) is 22.2 Å². The van der Waals surface area contributed by atoms with Crippen LogP contribution in [0.5, 0.6) is 5.75 Å². The molecule has 1 aliphatic rings. The SMILES string of the molecule is CC(=O)O.CC(C)(C)OC(=O)Nc1ccc2c(c1)N(S(=O)(=O)c1ccc(F)c(Cl)c1)CCO2. The third-order valence-corrected chi connectivity index (χ3v) is 6.00. The molecule has 0 radical (unpaired) electrons. The number of nitrogens with zero attached hydrogens (tertiary/aromatic N) is 1. The number of nitrogens with one attached hydrogen (secondary N) is 1. The van der Waals surface area contributed by atoms with Crippen LogP contribution in [0.15, 0.2) is 41.3 Å². The van der Waals surface area contributed by atoms with Crippen LogP contribution in [0, 0.1) is 5.82 Å². The van der Waals surface area contributed by atoms with Crippen LogP contribution in [-0.2, 0) is 19.6 Å². The summed E-state index contributed by atoms with van der Waals surface area (Å²) in [6.45, 7) is 6.46. The quantitative estimate of drug-likeness (QED) is 0.633. The number of amides is 1. The van der Waals surface area contributed by atoms with Gasteiger partial charge in [-0.15, -0.1) is 0 Å². The van der Waals surface area contributed by atoms with Gasteiger partial charge < -0.3 is 14.6 Å². The van der Waals surface area contributed by atoms with E-state index in [4.69, 9.17) is 31.0 Å². The molecule has 0 atom stereocenters. The molecule has 0 saturated heterocycles. The number of sulfonamides is 1. The lowest BCUT2D eigenvalue weighted by molar-refractivity contribution is -0.134. The number of hydrogen-bond donors (Lipinski definition) is 2. The predicted octanol–water partition coefficient (Wildman–Crippen LogP) is 4.50. The zero-order valence-corrected chi connectivity index (χ0v) is 20.0. The summed E-state index contributed by atoms with van der Waals surface area (Å²) >= 11 is 5.75. The van der Waals surface area contributed by atoms with E-state index in [2.05, 4.69) is 5.32 Å². The van der Waals surface area contributed by atoms with Crippen LogP contribution in [0.3, 0.4) is 0 Å². The molecule has 0 aliphatic carbocycles. The molecule has 0 aromatic heterocycles. The Balaban J connectivity index is 0.000000890. The number of aliphatic carboxylic acids is 1. The third-order valence-electron chi connectivity index (χ3n) is 3.90. The van der Waals surface area contributed by atoms with Crippen LogP contribution < -0.4 is 14.4 Å². The summed E-state index contributed by atoms with van der Waals surface area (Å²) in [7, 11) is -4.03. The van der Waals surface area contributed by atoms with E-state index in [1.54, 1.807) is 32.9 Å². The van der Waals surface area contributed by atoms with Crippen LogP contribution in [0.4, 0.5) is 20.6 Å². The molecule has 0 spiro atoms. The summed E-state index contributed by atoms with van der Waals surface area (Å²) in [4.78, 5) is 20.9. The molecule has 1 heterocycles. The number of carbonyl (C=O) groups is 2. The summed E-state index contributed by atoms with van der Waals surface area (Å²) < 4.78 is 51.5. The zero-order valence-electron chi connectivity index (χ0n) is 18.4. The predicted molar refractivity (Wildman–Crippen MR) is 121 cm³/mol. The fourth-order valence-electron chi connectivity index (χ4n) is 2.71. The molecule has 0 unspecified atom stereocenters. The minimum Gasteiger partial charge on any atom is -0.489 e. The number of hydrogen-bond acceptors (Lipinski definition) is 6. The van der Waals surface area contributed by atoms with Crippen molar-refractivity contribution in [2.24, 2.45) is 0 Å². The molecule has 3 rings (SSSR count). The van der Waals surface area contributed by atoms with E-state index in [9.17, 15) is 17.6 Å². The summed E-state index contributed by atoms with van der Waals surface area (Å²) in [5.74, 6) is -1.21. The van der Waals surface area contributed by atoms with Gasteiger partial charge in [0.25, 0.3) is 16.0 Å². The maximum Gasteiger partial charge on any atom is 0.412 e. The van der Waals surface area contributed by atoms with Crippen molar-refractivity contribution in [1.29, 1.82) is 0 Å². The second kappa shape index (κ2) is 10.3. The van der Waals surface area contributed by atoms with Crippen LogP contribution in [0.1, 0.15) is 27.7 Å². The Bertz CT molecular complexity index is 1150. The molecule has 1 aliphatic heterocycles.